The molecule has 2 aromatic carbocycles. The number of hydrogen-bond donors (Lipinski definition) is 1. The van der Waals surface area contributed by atoms with E-state index in [1.807, 2.05) is 48.5 Å². The van der Waals surface area contributed by atoms with E-state index in [-0.39, 0.29) is 11.7 Å². The Bertz CT molecular complexity index is 630. The fraction of sp³-hybridized carbons (Fsp3) is 0.222. The molecule has 0 heterocycles. The van der Waals surface area contributed by atoms with Gasteiger partial charge in [0.2, 0.25) is 5.24 Å². The van der Waals surface area contributed by atoms with E-state index in [4.69, 9.17) is 16.7 Å². The van der Waals surface area contributed by atoms with Crippen LogP contribution in [0.25, 0.3) is 0 Å². The van der Waals surface area contributed by atoms with Gasteiger partial charge in [-0.1, -0.05) is 68.3 Å². The van der Waals surface area contributed by atoms with Gasteiger partial charge in [-0.2, -0.15) is 0 Å². The molecule has 24 heavy (non-hydrogen) atoms. The summed E-state index contributed by atoms with van der Waals surface area (Å²) in [7, 11) is 0. The average molecular weight is 477 g/mol. The van der Waals surface area contributed by atoms with Crippen molar-refractivity contribution in [2.24, 2.45) is 0 Å². The van der Waals surface area contributed by atoms with Crippen molar-refractivity contribution >= 4 is 54.7 Å². The van der Waals surface area contributed by atoms with E-state index < -0.39 is 5.97 Å². The predicted molar refractivity (Wildman–Crippen MR) is 103 cm³/mol. The molecule has 0 spiro atoms. The normalized spacial score (nSPS) is 9.79. The molecule has 0 unspecified atom stereocenters. The molecule has 0 atom stereocenters. The topological polar surface area (TPSA) is 54.4 Å². The van der Waals surface area contributed by atoms with Gasteiger partial charge in [-0.25, -0.2) is 0 Å². The molecule has 0 amide bonds. The minimum absolute atomic E-state index is 0.183. The summed E-state index contributed by atoms with van der Waals surface area (Å²) in [6.07, 6.45) is 1.85. The van der Waals surface area contributed by atoms with Gasteiger partial charge in [0.15, 0.2) is 0 Å². The second kappa shape index (κ2) is 11.4. The number of rotatable bonds is 6. The molecule has 128 valence electrons. The fourth-order valence-corrected chi connectivity index (χ4v) is 2.94. The van der Waals surface area contributed by atoms with Crippen LogP contribution >= 0.6 is 43.5 Å². The molecule has 6 heteroatoms. The standard InChI is InChI=1S/C9H8BrClO.C9H9BrO2/c2*10-8-4-2-1-3-7(8)5-6-9(11)12/h1-4H,5-6H2;1-4H,5-6H2,(H,11,12). The van der Waals surface area contributed by atoms with E-state index in [0.717, 1.165) is 20.1 Å². The summed E-state index contributed by atoms with van der Waals surface area (Å²) in [5, 5.41) is 8.16. The molecule has 0 aliphatic carbocycles. The van der Waals surface area contributed by atoms with Crippen molar-refractivity contribution in [1.29, 1.82) is 0 Å². The summed E-state index contributed by atoms with van der Waals surface area (Å²) in [6.45, 7) is 0. The van der Waals surface area contributed by atoms with Crippen LogP contribution in [0.3, 0.4) is 0 Å². The Labute approximate surface area is 163 Å². The Balaban J connectivity index is 0.000000240. The Morgan fingerprint density at radius 3 is 1.62 bits per heavy atom. The minimum Gasteiger partial charge on any atom is -0.481 e. The molecule has 1 N–H and O–H groups in total. The Kier molecular flexibility index (Phi) is 9.91. The highest BCUT2D eigenvalue weighted by Gasteiger charge is 2.02. The first-order valence-electron chi connectivity index (χ1n) is 7.27. The number of aryl methyl sites for hydroxylation is 2. The van der Waals surface area contributed by atoms with Crippen molar-refractivity contribution < 1.29 is 14.7 Å². The molecule has 0 aliphatic rings. The third-order valence-corrected chi connectivity index (χ3v) is 4.85. The first kappa shape index (κ1) is 20.9. The van der Waals surface area contributed by atoms with Crippen molar-refractivity contribution in [1.82, 2.24) is 0 Å². The lowest BCUT2D eigenvalue weighted by molar-refractivity contribution is -0.137. The van der Waals surface area contributed by atoms with E-state index in [1.54, 1.807) is 0 Å². The van der Waals surface area contributed by atoms with E-state index in [0.29, 0.717) is 19.3 Å². The summed E-state index contributed by atoms with van der Waals surface area (Å²) < 4.78 is 2.01. The molecule has 0 fully saturated rings. The zero-order chi connectivity index (χ0) is 17.9. The number of halogens is 3. The second-order valence-electron chi connectivity index (χ2n) is 4.93. The van der Waals surface area contributed by atoms with Gasteiger partial charge in [-0.15, -0.1) is 0 Å². The van der Waals surface area contributed by atoms with Crippen LogP contribution in [0.1, 0.15) is 24.0 Å². The molecule has 2 rings (SSSR count). The maximum atomic E-state index is 10.5. The number of carbonyl (C=O) groups is 2. The smallest absolute Gasteiger partial charge is 0.303 e. The van der Waals surface area contributed by atoms with Gasteiger partial charge in [-0.05, 0) is 47.7 Å². The van der Waals surface area contributed by atoms with Gasteiger partial charge >= 0.3 is 5.97 Å². The molecule has 0 radical (unpaired) electrons. The van der Waals surface area contributed by atoms with Crippen LogP contribution in [0.15, 0.2) is 57.5 Å². The molecule has 0 saturated carbocycles. The number of aliphatic carboxylic acids is 1. The van der Waals surface area contributed by atoms with E-state index in [1.165, 1.54) is 0 Å². The number of hydrogen-bond acceptors (Lipinski definition) is 2. The Morgan fingerprint density at radius 2 is 1.25 bits per heavy atom. The number of carboxylic acid groups (broad SMARTS) is 1. The van der Waals surface area contributed by atoms with Crippen molar-refractivity contribution in [2.75, 3.05) is 0 Å². The monoisotopic (exact) mass is 474 g/mol. The SMILES string of the molecule is O=C(Cl)CCc1ccccc1Br.O=C(O)CCc1ccccc1Br. The number of carboxylic acids is 1. The molecule has 3 nitrogen and oxygen atoms in total. The van der Waals surface area contributed by atoms with Gasteiger partial charge in [0.1, 0.15) is 0 Å². The van der Waals surface area contributed by atoms with Crippen LogP contribution < -0.4 is 0 Å². The molecule has 0 aliphatic heterocycles. The maximum absolute atomic E-state index is 10.5. The highest BCUT2D eigenvalue weighted by atomic mass is 79.9. The lowest BCUT2D eigenvalue weighted by atomic mass is 10.1. The first-order chi connectivity index (χ1) is 11.4. The van der Waals surface area contributed by atoms with Crippen LogP contribution in [-0.2, 0) is 22.4 Å². The molecule has 0 bridgehead atoms. The Hall–Kier alpha value is -1.17. The van der Waals surface area contributed by atoms with E-state index in [9.17, 15) is 9.59 Å². The van der Waals surface area contributed by atoms with Crippen LogP contribution in [0.5, 0.6) is 0 Å². The van der Waals surface area contributed by atoms with Gasteiger partial charge < -0.3 is 5.11 Å². The Morgan fingerprint density at radius 1 is 0.833 bits per heavy atom. The number of benzene rings is 2. The lowest BCUT2D eigenvalue weighted by Gasteiger charge is -2.00. The van der Waals surface area contributed by atoms with Crippen molar-refractivity contribution in [3.05, 3.63) is 68.6 Å². The molecule has 2 aromatic rings. The summed E-state index contributed by atoms with van der Waals surface area (Å²) in [5.41, 5.74) is 2.16. The second-order valence-corrected chi connectivity index (χ2v) is 7.06. The minimum atomic E-state index is -0.759. The zero-order valence-corrected chi connectivity index (χ0v) is 16.8. The summed E-state index contributed by atoms with van der Waals surface area (Å²) in [6, 6.07) is 15.5. The van der Waals surface area contributed by atoms with Gasteiger partial charge in [0.25, 0.3) is 0 Å². The first-order valence-corrected chi connectivity index (χ1v) is 9.23. The molecule has 0 aromatic heterocycles. The largest absolute Gasteiger partial charge is 0.481 e. The summed E-state index contributed by atoms with van der Waals surface area (Å²) >= 11 is 12.0. The fourth-order valence-electron chi connectivity index (χ4n) is 1.88. The van der Waals surface area contributed by atoms with Gasteiger partial charge in [0.05, 0.1) is 0 Å². The zero-order valence-electron chi connectivity index (χ0n) is 12.8. The van der Waals surface area contributed by atoms with Crippen molar-refractivity contribution in [3.63, 3.8) is 0 Å². The third kappa shape index (κ3) is 8.62. The molecule has 0 saturated heterocycles. The van der Waals surface area contributed by atoms with Crippen LogP contribution in [0, 0.1) is 0 Å². The maximum Gasteiger partial charge on any atom is 0.303 e. The van der Waals surface area contributed by atoms with Gasteiger partial charge in [0, 0.05) is 21.8 Å². The van der Waals surface area contributed by atoms with Crippen molar-refractivity contribution in [2.45, 2.75) is 25.7 Å². The lowest BCUT2D eigenvalue weighted by Crippen LogP contribution is -1.97. The van der Waals surface area contributed by atoms with E-state index in [2.05, 4.69) is 31.9 Å². The predicted octanol–water partition coefficient (Wildman–Crippen LogP) is 5.61. The van der Waals surface area contributed by atoms with Crippen LogP contribution in [-0.4, -0.2) is 16.3 Å². The molecular weight excluding hydrogens is 459 g/mol. The van der Waals surface area contributed by atoms with Crippen LogP contribution in [0.4, 0.5) is 0 Å². The van der Waals surface area contributed by atoms with E-state index >= 15 is 0 Å². The molecular formula is C18H17Br2ClO3. The van der Waals surface area contributed by atoms with Crippen molar-refractivity contribution in [3.8, 4) is 0 Å². The summed E-state index contributed by atoms with van der Waals surface area (Å²) in [5.74, 6) is -0.759. The third-order valence-electron chi connectivity index (χ3n) is 3.11. The highest BCUT2D eigenvalue weighted by Crippen LogP contribution is 2.18. The van der Waals surface area contributed by atoms with Gasteiger partial charge in [-0.3, -0.25) is 9.59 Å². The highest BCUT2D eigenvalue weighted by molar-refractivity contribution is 9.10. The quantitative estimate of drug-likeness (QED) is 0.551. The number of carbonyl (C=O) groups excluding carboxylic acids is 1. The van der Waals surface area contributed by atoms with Crippen LogP contribution in [0.2, 0.25) is 0 Å². The summed E-state index contributed by atoms with van der Waals surface area (Å²) in [4.78, 5) is 20.7. The average Bonchev–Trinajstić information content (AvgIpc) is 2.54.